The van der Waals surface area contributed by atoms with Gasteiger partial charge in [0.25, 0.3) is 0 Å². The lowest BCUT2D eigenvalue weighted by Gasteiger charge is -2.21. The predicted octanol–water partition coefficient (Wildman–Crippen LogP) is 21.6. The van der Waals surface area contributed by atoms with E-state index in [0.29, 0.717) is 25.7 Å². The Morgan fingerprint density at radius 3 is 0.763 bits per heavy atom. The molecule has 17 nitrogen and oxygen atoms in total. The van der Waals surface area contributed by atoms with Crippen molar-refractivity contribution in [3.05, 3.63) is 0 Å². The van der Waals surface area contributed by atoms with Crippen molar-refractivity contribution in [2.45, 2.75) is 400 Å². The molecule has 0 aliphatic carbocycles. The van der Waals surface area contributed by atoms with Crippen molar-refractivity contribution in [1.29, 1.82) is 0 Å². The van der Waals surface area contributed by atoms with E-state index in [1.54, 1.807) is 0 Å². The fourth-order valence-electron chi connectivity index (χ4n) is 11.2. The molecule has 0 aromatic heterocycles. The fourth-order valence-corrected chi connectivity index (χ4v) is 12.8. The lowest BCUT2D eigenvalue weighted by molar-refractivity contribution is -0.161. The first kappa shape index (κ1) is 91.1. The topological polar surface area (TPSA) is 237 Å². The number of rotatable bonds is 73. The van der Waals surface area contributed by atoms with Crippen LogP contribution in [0.25, 0.3) is 0 Å². The van der Waals surface area contributed by atoms with E-state index in [0.717, 1.165) is 102 Å². The molecule has 0 aliphatic rings. The maximum Gasteiger partial charge on any atom is 0.472 e. The molecule has 0 aromatic carbocycles. The molecule has 19 heteroatoms. The summed E-state index contributed by atoms with van der Waals surface area (Å²) in [5, 5.41) is 10.6. The summed E-state index contributed by atoms with van der Waals surface area (Å²) in [6.45, 7) is 9.64. The minimum Gasteiger partial charge on any atom is -0.462 e. The normalized spacial score (nSPS) is 14.6. The van der Waals surface area contributed by atoms with E-state index >= 15 is 0 Å². The SMILES string of the molecule is CCCCCCCCCCCCCCCC(=O)O[C@H](COC(=O)CCCCCCCCCCCCCC)COP(=O)(O)OC[C@H](O)COP(=O)(O)OC[C@@H](COC(=O)CCCCCCCCCCCCC(C)CC)OC(=O)CCCCCCCCCCCCC(C)CC. The Balaban J connectivity index is 5.27. The van der Waals surface area contributed by atoms with Gasteiger partial charge < -0.3 is 33.8 Å². The van der Waals surface area contributed by atoms with Crippen LogP contribution in [0, 0.1) is 11.8 Å². The molecular formula is C74H144O17P2. The highest BCUT2D eigenvalue weighted by Gasteiger charge is 2.30. The summed E-state index contributed by atoms with van der Waals surface area (Å²) < 4.78 is 68.5. The Hall–Kier alpha value is -1.94. The number of esters is 4. The summed E-state index contributed by atoms with van der Waals surface area (Å²) in [4.78, 5) is 72.8. The van der Waals surface area contributed by atoms with Gasteiger partial charge in [0, 0.05) is 25.7 Å². The molecule has 0 rings (SSSR count). The molecular weight excluding hydrogens is 1220 g/mol. The average Bonchev–Trinajstić information content (AvgIpc) is 2.19. The average molecular weight is 1370 g/mol. The van der Waals surface area contributed by atoms with Gasteiger partial charge in [0.15, 0.2) is 12.2 Å². The molecule has 0 fully saturated rings. The van der Waals surface area contributed by atoms with Gasteiger partial charge in [-0.05, 0) is 37.5 Å². The highest BCUT2D eigenvalue weighted by Crippen LogP contribution is 2.45. The van der Waals surface area contributed by atoms with Crippen LogP contribution in [-0.4, -0.2) is 96.7 Å². The molecule has 552 valence electrons. The zero-order valence-corrected chi connectivity index (χ0v) is 62.3. The van der Waals surface area contributed by atoms with Gasteiger partial charge >= 0.3 is 39.5 Å². The number of hydrogen-bond donors (Lipinski definition) is 3. The first-order valence-corrected chi connectivity index (χ1v) is 41.6. The minimum atomic E-state index is -4.96. The molecule has 0 spiro atoms. The Morgan fingerprint density at radius 2 is 0.516 bits per heavy atom. The van der Waals surface area contributed by atoms with E-state index in [1.165, 1.54) is 199 Å². The molecule has 0 aromatic rings. The van der Waals surface area contributed by atoms with Crippen molar-refractivity contribution in [2.75, 3.05) is 39.6 Å². The van der Waals surface area contributed by atoms with Crippen LogP contribution in [0.4, 0.5) is 0 Å². The number of aliphatic hydroxyl groups excluding tert-OH is 1. The number of phosphoric ester groups is 2. The van der Waals surface area contributed by atoms with Crippen LogP contribution in [-0.2, 0) is 65.4 Å². The molecule has 93 heavy (non-hydrogen) atoms. The van der Waals surface area contributed by atoms with E-state index in [4.69, 9.17) is 37.0 Å². The zero-order chi connectivity index (χ0) is 68.6. The maximum absolute atomic E-state index is 13.1. The number of carbonyl (C=O) groups excluding carboxylic acids is 4. The lowest BCUT2D eigenvalue weighted by Crippen LogP contribution is -2.30. The van der Waals surface area contributed by atoms with Crippen LogP contribution >= 0.6 is 15.6 Å². The van der Waals surface area contributed by atoms with Gasteiger partial charge in [0.1, 0.15) is 19.3 Å². The monoisotopic (exact) mass is 1370 g/mol. The van der Waals surface area contributed by atoms with Crippen molar-refractivity contribution in [3.8, 4) is 0 Å². The van der Waals surface area contributed by atoms with Crippen LogP contribution < -0.4 is 0 Å². The van der Waals surface area contributed by atoms with E-state index in [9.17, 15) is 43.2 Å². The number of hydrogen-bond acceptors (Lipinski definition) is 15. The second-order valence-corrected chi connectivity index (χ2v) is 30.1. The Kier molecular flexibility index (Phi) is 64.6. The van der Waals surface area contributed by atoms with Gasteiger partial charge in [0.2, 0.25) is 0 Å². The predicted molar refractivity (Wildman–Crippen MR) is 377 cm³/mol. The van der Waals surface area contributed by atoms with Gasteiger partial charge in [-0.15, -0.1) is 0 Å². The third-order valence-corrected chi connectivity index (χ3v) is 19.8. The Labute approximate surface area is 568 Å². The second kappa shape index (κ2) is 66.0. The van der Waals surface area contributed by atoms with Gasteiger partial charge in [-0.2, -0.15) is 0 Å². The van der Waals surface area contributed by atoms with Gasteiger partial charge in [-0.3, -0.25) is 37.3 Å². The van der Waals surface area contributed by atoms with Crippen LogP contribution in [0.5, 0.6) is 0 Å². The number of phosphoric acid groups is 2. The van der Waals surface area contributed by atoms with Crippen molar-refractivity contribution in [3.63, 3.8) is 0 Å². The minimum absolute atomic E-state index is 0.106. The van der Waals surface area contributed by atoms with E-state index in [2.05, 4.69) is 41.5 Å². The molecule has 0 heterocycles. The number of aliphatic hydroxyl groups is 1. The molecule has 0 saturated carbocycles. The van der Waals surface area contributed by atoms with Gasteiger partial charge in [-0.1, -0.05) is 330 Å². The Morgan fingerprint density at radius 1 is 0.301 bits per heavy atom. The summed E-state index contributed by atoms with van der Waals surface area (Å²) in [5.41, 5.74) is 0. The first-order chi connectivity index (χ1) is 44.9. The molecule has 0 bridgehead atoms. The summed E-state index contributed by atoms with van der Waals surface area (Å²) in [6, 6.07) is 0. The third kappa shape index (κ3) is 65.8. The largest absolute Gasteiger partial charge is 0.472 e. The summed E-state index contributed by atoms with van der Waals surface area (Å²) in [6.07, 6.45) is 52.3. The van der Waals surface area contributed by atoms with E-state index in [-0.39, 0.29) is 25.7 Å². The van der Waals surface area contributed by atoms with Crippen molar-refractivity contribution in [2.24, 2.45) is 11.8 Å². The molecule has 0 radical (unpaired) electrons. The standard InChI is InChI=1S/C74H144O17P2/c1-7-11-13-15-17-19-21-23-25-34-40-46-52-58-73(78)90-69(62-84-71(76)56-50-44-38-32-24-22-20-18-16-14-12-8-2)64-88-92(80,81)86-60-68(75)61-87-93(82,83)89-65-70(91-74(79)59-53-47-41-35-29-27-31-37-43-49-55-67(6)10-4)63-85-72(77)57-51-45-39-33-28-26-30-36-42-48-54-66(5)9-3/h66-70,75H,7-65H2,1-6H3,(H,80,81)(H,82,83)/t66?,67?,68-,69+,70+/m0/s1. The molecule has 0 amide bonds. The summed E-state index contributed by atoms with van der Waals surface area (Å²) in [5.74, 6) is -0.503. The van der Waals surface area contributed by atoms with Gasteiger partial charge in [-0.25, -0.2) is 9.13 Å². The number of carbonyl (C=O) groups is 4. The third-order valence-electron chi connectivity index (χ3n) is 17.9. The van der Waals surface area contributed by atoms with E-state index < -0.39 is 97.5 Å². The molecule has 7 atom stereocenters. The molecule has 3 N–H and O–H groups in total. The van der Waals surface area contributed by atoms with Crippen LogP contribution in [0.2, 0.25) is 0 Å². The number of unbranched alkanes of at least 4 members (excludes halogenated alkanes) is 41. The first-order valence-electron chi connectivity index (χ1n) is 38.6. The summed E-state index contributed by atoms with van der Waals surface area (Å²) in [7, 11) is -9.91. The number of ether oxygens (including phenoxy) is 4. The summed E-state index contributed by atoms with van der Waals surface area (Å²) >= 11 is 0. The van der Waals surface area contributed by atoms with Gasteiger partial charge in [0.05, 0.1) is 26.4 Å². The van der Waals surface area contributed by atoms with E-state index in [1.807, 2.05) is 0 Å². The maximum atomic E-state index is 13.1. The van der Waals surface area contributed by atoms with Crippen molar-refractivity contribution < 1.29 is 80.2 Å². The zero-order valence-electron chi connectivity index (χ0n) is 60.6. The van der Waals surface area contributed by atoms with Crippen LogP contribution in [0.3, 0.4) is 0 Å². The molecule has 0 aliphatic heterocycles. The molecule has 0 saturated heterocycles. The lowest BCUT2D eigenvalue weighted by atomic mass is 9.99. The Bertz CT molecular complexity index is 1810. The van der Waals surface area contributed by atoms with Crippen molar-refractivity contribution in [1.82, 2.24) is 0 Å². The molecule has 4 unspecified atom stereocenters. The quantitative estimate of drug-likeness (QED) is 0.0222. The van der Waals surface area contributed by atoms with Crippen LogP contribution in [0.15, 0.2) is 0 Å². The highest BCUT2D eigenvalue weighted by molar-refractivity contribution is 7.47. The second-order valence-electron chi connectivity index (χ2n) is 27.2. The van der Waals surface area contributed by atoms with Crippen LogP contribution in [0.1, 0.15) is 382 Å². The smallest absolute Gasteiger partial charge is 0.462 e. The van der Waals surface area contributed by atoms with Crippen molar-refractivity contribution >= 4 is 39.5 Å². The highest BCUT2D eigenvalue weighted by atomic mass is 31.2. The fraction of sp³-hybridized carbons (Fsp3) is 0.946.